The maximum Gasteiger partial charge on any atom is 0.239 e. The number of anilines is 2. The van der Waals surface area contributed by atoms with Crippen LogP contribution in [0.15, 0.2) is 12.3 Å². The predicted octanol–water partition coefficient (Wildman–Crippen LogP) is 0.997. The van der Waals surface area contributed by atoms with Crippen LogP contribution in [0, 0.1) is 0 Å². The van der Waals surface area contributed by atoms with Crippen LogP contribution in [-0.4, -0.2) is 23.1 Å². The van der Waals surface area contributed by atoms with E-state index in [1.54, 1.807) is 6.20 Å². The fourth-order valence-corrected chi connectivity index (χ4v) is 1.11. The largest absolute Gasteiger partial charge is 0.357 e. The van der Waals surface area contributed by atoms with E-state index in [2.05, 4.69) is 34.1 Å². The van der Waals surface area contributed by atoms with Crippen molar-refractivity contribution in [3.05, 3.63) is 12.3 Å². The van der Waals surface area contributed by atoms with Crippen LogP contribution in [0.2, 0.25) is 0 Å². The van der Waals surface area contributed by atoms with Crippen LogP contribution in [0.5, 0.6) is 0 Å². The highest BCUT2D eigenvalue weighted by Crippen LogP contribution is 2.13. The number of nitrogen functional groups attached to an aromatic ring is 1. The van der Waals surface area contributed by atoms with Gasteiger partial charge < -0.3 is 4.90 Å². The van der Waals surface area contributed by atoms with E-state index in [0.29, 0.717) is 12.0 Å². The summed E-state index contributed by atoms with van der Waals surface area (Å²) in [6.07, 6.45) is 2.77. The molecule has 5 heteroatoms. The van der Waals surface area contributed by atoms with Crippen molar-refractivity contribution in [1.82, 2.24) is 9.97 Å². The highest BCUT2D eigenvalue weighted by Gasteiger charge is 2.09. The normalized spacial score (nSPS) is 12.3. The van der Waals surface area contributed by atoms with E-state index in [0.717, 1.165) is 12.2 Å². The molecule has 0 fully saturated rings. The Morgan fingerprint density at radius 2 is 2.36 bits per heavy atom. The van der Waals surface area contributed by atoms with Crippen LogP contribution in [0.4, 0.5) is 11.8 Å². The molecule has 0 saturated heterocycles. The van der Waals surface area contributed by atoms with E-state index in [9.17, 15) is 0 Å². The van der Waals surface area contributed by atoms with Crippen molar-refractivity contribution in [2.75, 3.05) is 17.4 Å². The summed E-state index contributed by atoms with van der Waals surface area (Å²) < 4.78 is 0. The molecule has 14 heavy (non-hydrogen) atoms. The van der Waals surface area contributed by atoms with Crippen LogP contribution in [-0.2, 0) is 0 Å². The van der Waals surface area contributed by atoms with Crippen molar-refractivity contribution in [3.8, 4) is 0 Å². The Kier molecular flexibility index (Phi) is 3.64. The Morgan fingerprint density at radius 1 is 1.64 bits per heavy atom. The van der Waals surface area contributed by atoms with Crippen molar-refractivity contribution in [2.45, 2.75) is 26.3 Å². The summed E-state index contributed by atoms with van der Waals surface area (Å²) in [6.45, 7) is 4.29. The Labute approximate surface area is 84.3 Å². The molecular weight excluding hydrogens is 178 g/mol. The SMILES string of the molecule is CCC(C)N(C)c1ccnc(NN)n1. The van der Waals surface area contributed by atoms with E-state index >= 15 is 0 Å². The molecule has 0 spiro atoms. The van der Waals surface area contributed by atoms with E-state index < -0.39 is 0 Å². The Balaban J connectivity index is 2.83. The summed E-state index contributed by atoms with van der Waals surface area (Å²) in [6, 6.07) is 2.32. The van der Waals surface area contributed by atoms with Gasteiger partial charge in [-0.2, -0.15) is 4.98 Å². The number of aromatic nitrogens is 2. The van der Waals surface area contributed by atoms with Gasteiger partial charge in [0.25, 0.3) is 0 Å². The second kappa shape index (κ2) is 4.76. The molecule has 0 aromatic carbocycles. The molecule has 0 saturated carbocycles. The third-order valence-corrected chi connectivity index (χ3v) is 2.38. The number of nitrogens with one attached hydrogen (secondary N) is 1. The molecule has 5 nitrogen and oxygen atoms in total. The molecule has 0 amide bonds. The quantitative estimate of drug-likeness (QED) is 0.554. The van der Waals surface area contributed by atoms with Crippen molar-refractivity contribution < 1.29 is 0 Å². The molecule has 1 rings (SSSR count). The van der Waals surface area contributed by atoms with E-state index in [4.69, 9.17) is 5.84 Å². The van der Waals surface area contributed by atoms with Crippen molar-refractivity contribution in [3.63, 3.8) is 0 Å². The average Bonchev–Trinajstić information content (AvgIpc) is 2.27. The van der Waals surface area contributed by atoms with Gasteiger partial charge in [-0.25, -0.2) is 10.8 Å². The topological polar surface area (TPSA) is 67.1 Å². The van der Waals surface area contributed by atoms with Crippen LogP contribution < -0.4 is 16.2 Å². The molecular formula is C9H17N5. The fourth-order valence-electron chi connectivity index (χ4n) is 1.11. The van der Waals surface area contributed by atoms with Gasteiger partial charge in [0.2, 0.25) is 5.95 Å². The molecule has 1 atom stereocenters. The van der Waals surface area contributed by atoms with Crippen molar-refractivity contribution >= 4 is 11.8 Å². The van der Waals surface area contributed by atoms with Gasteiger partial charge in [0.05, 0.1) is 0 Å². The van der Waals surface area contributed by atoms with Crippen molar-refractivity contribution in [1.29, 1.82) is 0 Å². The Morgan fingerprint density at radius 3 is 2.93 bits per heavy atom. The van der Waals surface area contributed by atoms with E-state index in [1.165, 1.54) is 0 Å². The summed E-state index contributed by atoms with van der Waals surface area (Å²) in [5, 5.41) is 0. The third kappa shape index (κ3) is 2.32. The maximum absolute atomic E-state index is 5.23. The van der Waals surface area contributed by atoms with Gasteiger partial charge in [-0.3, -0.25) is 5.43 Å². The van der Waals surface area contributed by atoms with E-state index in [1.807, 2.05) is 13.1 Å². The lowest BCUT2D eigenvalue weighted by molar-refractivity contribution is 0.656. The molecule has 0 bridgehead atoms. The molecule has 3 N–H and O–H groups in total. The summed E-state index contributed by atoms with van der Waals surface area (Å²) in [7, 11) is 2.01. The number of nitrogens with zero attached hydrogens (tertiary/aromatic N) is 3. The molecule has 0 radical (unpaired) electrons. The zero-order chi connectivity index (χ0) is 10.6. The van der Waals surface area contributed by atoms with Crippen molar-refractivity contribution in [2.24, 2.45) is 5.84 Å². The smallest absolute Gasteiger partial charge is 0.239 e. The van der Waals surface area contributed by atoms with Gasteiger partial charge in [-0.05, 0) is 19.4 Å². The molecule has 0 aliphatic carbocycles. The first-order valence-corrected chi connectivity index (χ1v) is 4.71. The van der Waals surface area contributed by atoms with Gasteiger partial charge >= 0.3 is 0 Å². The summed E-state index contributed by atoms with van der Waals surface area (Å²) in [5.74, 6) is 6.55. The molecule has 1 unspecified atom stereocenters. The summed E-state index contributed by atoms with van der Waals surface area (Å²) in [4.78, 5) is 10.3. The molecule has 1 aromatic rings. The predicted molar refractivity (Wildman–Crippen MR) is 58.0 cm³/mol. The minimum Gasteiger partial charge on any atom is -0.357 e. The van der Waals surface area contributed by atoms with Gasteiger partial charge in [-0.1, -0.05) is 6.92 Å². The zero-order valence-corrected chi connectivity index (χ0v) is 8.86. The van der Waals surface area contributed by atoms with Crippen LogP contribution in [0.3, 0.4) is 0 Å². The number of nitrogens with two attached hydrogens (primary N) is 1. The molecule has 78 valence electrons. The second-order valence-electron chi connectivity index (χ2n) is 3.25. The van der Waals surface area contributed by atoms with Gasteiger partial charge in [-0.15, -0.1) is 0 Å². The molecule has 1 heterocycles. The van der Waals surface area contributed by atoms with Gasteiger partial charge in [0.15, 0.2) is 0 Å². The molecule has 0 aliphatic rings. The number of hydrogen-bond acceptors (Lipinski definition) is 5. The number of hydrazine groups is 1. The minimum atomic E-state index is 0.442. The van der Waals surface area contributed by atoms with Gasteiger partial charge in [0.1, 0.15) is 5.82 Å². The first kappa shape index (κ1) is 10.7. The molecule has 0 aliphatic heterocycles. The standard InChI is InChI=1S/C9H17N5/c1-4-7(2)14(3)8-5-6-11-9(12-8)13-10/h5-7H,4,10H2,1-3H3,(H,11,12,13). The highest BCUT2D eigenvalue weighted by atomic mass is 15.3. The highest BCUT2D eigenvalue weighted by molar-refractivity contribution is 5.41. The zero-order valence-electron chi connectivity index (χ0n) is 8.86. The van der Waals surface area contributed by atoms with Crippen LogP contribution >= 0.6 is 0 Å². The monoisotopic (exact) mass is 195 g/mol. The average molecular weight is 195 g/mol. The summed E-state index contributed by atoms with van der Waals surface area (Å²) >= 11 is 0. The van der Waals surface area contributed by atoms with Crippen LogP contribution in [0.1, 0.15) is 20.3 Å². The number of rotatable bonds is 4. The first-order valence-electron chi connectivity index (χ1n) is 4.71. The lowest BCUT2D eigenvalue weighted by Gasteiger charge is -2.24. The maximum atomic E-state index is 5.23. The molecule has 1 aromatic heterocycles. The fraction of sp³-hybridized carbons (Fsp3) is 0.556. The van der Waals surface area contributed by atoms with E-state index in [-0.39, 0.29) is 0 Å². The second-order valence-corrected chi connectivity index (χ2v) is 3.25. The Bertz CT molecular complexity index is 288. The summed E-state index contributed by atoms with van der Waals surface area (Å²) in [5.41, 5.74) is 2.43. The minimum absolute atomic E-state index is 0.442. The Hall–Kier alpha value is -1.36. The lowest BCUT2D eigenvalue weighted by atomic mass is 10.2. The third-order valence-electron chi connectivity index (χ3n) is 2.38. The van der Waals surface area contributed by atoms with Gasteiger partial charge in [0, 0.05) is 19.3 Å². The first-order chi connectivity index (χ1) is 6.69. The number of hydrogen-bond donors (Lipinski definition) is 2. The lowest BCUT2D eigenvalue weighted by Crippen LogP contribution is -2.29. The van der Waals surface area contributed by atoms with Crippen LogP contribution in [0.25, 0.3) is 0 Å².